The maximum absolute atomic E-state index is 15.8. The number of alkyl halides is 3. The first-order valence-electron chi connectivity index (χ1n) is 15.0. The summed E-state index contributed by atoms with van der Waals surface area (Å²) in [5.41, 5.74) is 1.02. The van der Waals surface area contributed by atoms with Gasteiger partial charge in [-0.1, -0.05) is 6.92 Å². The quantitative estimate of drug-likeness (QED) is 0.452. The van der Waals surface area contributed by atoms with Crippen molar-refractivity contribution < 1.29 is 31.9 Å². The molecule has 0 aliphatic carbocycles. The molecule has 2 aromatic rings. The molecule has 2 unspecified atom stereocenters. The fraction of sp³-hybridized carbons (Fsp3) is 0.600. The van der Waals surface area contributed by atoms with E-state index in [2.05, 4.69) is 25.5 Å². The Morgan fingerprint density at radius 1 is 1.14 bits per heavy atom. The van der Waals surface area contributed by atoms with E-state index < -0.39 is 48.6 Å². The number of anilines is 3. The van der Waals surface area contributed by atoms with Crippen molar-refractivity contribution in [3.05, 3.63) is 30.3 Å². The number of amides is 2. The molecule has 1 aromatic carbocycles. The fourth-order valence-electron chi connectivity index (χ4n) is 6.31. The molecule has 3 saturated heterocycles. The summed E-state index contributed by atoms with van der Waals surface area (Å²) in [7, 11) is 2.00. The zero-order valence-corrected chi connectivity index (χ0v) is 25.3. The van der Waals surface area contributed by atoms with Gasteiger partial charge in [0.25, 0.3) is 0 Å². The summed E-state index contributed by atoms with van der Waals surface area (Å²) >= 11 is 0. The van der Waals surface area contributed by atoms with E-state index in [9.17, 15) is 22.8 Å². The molecule has 2 amide bonds. The third-order valence-electron chi connectivity index (χ3n) is 8.79. The number of morpholine rings is 1. The number of carbonyl (C=O) groups is 2. The summed E-state index contributed by atoms with van der Waals surface area (Å²) in [6.07, 6.45) is -1.78. The number of hydrogen-bond donors (Lipinski definition) is 2. The van der Waals surface area contributed by atoms with Crippen LogP contribution < -0.4 is 20.4 Å². The van der Waals surface area contributed by atoms with Gasteiger partial charge in [-0.15, -0.1) is 0 Å². The zero-order chi connectivity index (χ0) is 31.8. The fourth-order valence-corrected chi connectivity index (χ4v) is 6.31. The summed E-state index contributed by atoms with van der Waals surface area (Å²) in [6.45, 7) is 8.69. The van der Waals surface area contributed by atoms with Crippen molar-refractivity contribution in [1.29, 1.82) is 0 Å². The molecular weight excluding hydrogens is 582 g/mol. The first-order valence-corrected chi connectivity index (χ1v) is 15.0. The van der Waals surface area contributed by atoms with Crippen molar-refractivity contribution in [2.75, 3.05) is 61.4 Å². The van der Waals surface area contributed by atoms with Gasteiger partial charge in [-0.3, -0.25) is 9.59 Å². The van der Waals surface area contributed by atoms with E-state index >= 15 is 4.39 Å². The number of piperidine rings is 1. The summed E-state index contributed by atoms with van der Waals surface area (Å²) < 4.78 is 63.1. The number of ether oxygens (including phenoxy) is 1. The molecule has 2 N–H and O–H groups in total. The lowest BCUT2D eigenvalue weighted by Gasteiger charge is -2.35. The van der Waals surface area contributed by atoms with Gasteiger partial charge in [-0.2, -0.15) is 13.2 Å². The maximum atomic E-state index is 15.8. The molecule has 5 atom stereocenters. The highest BCUT2D eigenvalue weighted by molar-refractivity contribution is 5.98. The molecule has 44 heavy (non-hydrogen) atoms. The molecule has 0 saturated carbocycles. The van der Waals surface area contributed by atoms with Crippen LogP contribution in [0.3, 0.4) is 0 Å². The average molecular weight is 622 g/mol. The second kappa shape index (κ2) is 12.8. The van der Waals surface area contributed by atoms with Crippen LogP contribution in [0.25, 0.3) is 11.1 Å². The number of likely N-dealkylation sites (N-methyl/N-ethyl adjacent to an activating group) is 1. The second-order valence-electron chi connectivity index (χ2n) is 12.0. The lowest BCUT2D eigenvalue weighted by Crippen LogP contribution is -2.50. The Hall–Kier alpha value is -3.52. The zero-order valence-electron chi connectivity index (χ0n) is 25.3. The number of hydrogen-bond acceptors (Lipinski definition) is 8. The van der Waals surface area contributed by atoms with Crippen molar-refractivity contribution in [3.8, 4) is 11.1 Å². The molecule has 10 nitrogen and oxygen atoms in total. The molecule has 5 rings (SSSR count). The van der Waals surface area contributed by atoms with E-state index in [0.717, 1.165) is 13.0 Å². The van der Waals surface area contributed by atoms with Crippen LogP contribution in [0.4, 0.5) is 34.9 Å². The van der Waals surface area contributed by atoms with E-state index in [1.165, 1.54) is 24.5 Å². The van der Waals surface area contributed by atoms with Gasteiger partial charge in [0, 0.05) is 68.7 Å². The topological polar surface area (TPSA) is 103 Å². The molecule has 0 radical (unpaired) electrons. The number of nitrogens with zero attached hydrogens (tertiary/aromatic N) is 5. The normalized spacial score (nSPS) is 26.2. The van der Waals surface area contributed by atoms with Gasteiger partial charge >= 0.3 is 6.18 Å². The van der Waals surface area contributed by atoms with Gasteiger partial charge in [0.1, 0.15) is 5.82 Å². The van der Waals surface area contributed by atoms with Gasteiger partial charge in [0.15, 0.2) is 0 Å². The number of rotatable bonds is 7. The van der Waals surface area contributed by atoms with Gasteiger partial charge < -0.3 is 30.1 Å². The van der Waals surface area contributed by atoms with Crippen LogP contribution >= 0.6 is 0 Å². The molecule has 4 heterocycles. The SMILES string of the molecule is CCN(C)[C@@H]1CCN(c2cc(F)c(-c3cnc(N4C[C@@H](C)O[C@@H](C)C4)nc3)cc2NC(=O)C2CNC(=O)CC2C(F)(F)F)C1. The number of halogens is 4. The molecule has 1 aromatic heterocycles. The molecule has 3 fully saturated rings. The minimum Gasteiger partial charge on any atom is -0.372 e. The Morgan fingerprint density at radius 2 is 1.82 bits per heavy atom. The van der Waals surface area contributed by atoms with Gasteiger partial charge in [-0.05, 0) is 46.0 Å². The van der Waals surface area contributed by atoms with E-state index in [1.54, 1.807) is 0 Å². The third-order valence-corrected chi connectivity index (χ3v) is 8.79. The molecule has 0 bridgehead atoms. The number of benzene rings is 1. The van der Waals surface area contributed by atoms with Crippen molar-refractivity contribution in [2.24, 2.45) is 11.8 Å². The summed E-state index contributed by atoms with van der Waals surface area (Å²) in [6, 6.07) is 2.93. The molecule has 240 valence electrons. The number of aromatic nitrogens is 2. The predicted molar refractivity (Wildman–Crippen MR) is 158 cm³/mol. The standard InChI is InChI=1S/C30H39F4N7O3/c1-5-39(4)20-6-7-40(16-20)26-10-24(31)21(19-11-36-29(37-12-19)41-14-17(2)44-18(3)15-41)8-25(26)38-28(43)22-13-35-27(42)9-23(22)30(32,33)34/h8,10-12,17-18,20,22-23H,5-7,9,13-16H2,1-4H3,(H,35,42)(H,38,43)/t17-,18+,20-,22?,23?/m1/s1. The van der Waals surface area contributed by atoms with Crippen LogP contribution in [0.2, 0.25) is 0 Å². The minimum absolute atomic E-state index is 0.00471. The van der Waals surface area contributed by atoms with E-state index in [1.807, 2.05) is 37.6 Å². The highest BCUT2D eigenvalue weighted by atomic mass is 19.4. The first kappa shape index (κ1) is 31.9. The molecule has 0 spiro atoms. The van der Waals surface area contributed by atoms with Crippen LogP contribution in [0, 0.1) is 17.7 Å². The average Bonchev–Trinajstić information content (AvgIpc) is 3.47. The Kier molecular flexibility index (Phi) is 9.30. The van der Waals surface area contributed by atoms with Gasteiger partial charge in [0.05, 0.1) is 35.4 Å². The van der Waals surface area contributed by atoms with Gasteiger partial charge in [0.2, 0.25) is 17.8 Å². The van der Waals surface area contributed by atoms with Crippen LogP contribution in [0.15, 0.2) is 24.5 Å². The van der Waals surface area contributed by atoms with Crippen molar-refractivity contribution in [1.82, 2.24) is 20.2 Å². The van der Waals surface area contributed by atoms with Crippen LogP contribution in [0.5, 0.6) is 0 Å². The monoisotopic (exact) mass is 621 g/mol. The predicted octanol–water partition coefficient (Wildman–Crippen LogP) is 3.68. The van der Waals surface area contributed by atoms with Crippen LogP contribution in [-0.2, 0) is 14.3 Å². The summed E-state index contributed by atoms with van der Waals surface area (Å²) in [5.74, 6) is -5.41. The van der Waals surface area contributed by atoms with Gasteiger partial charge in [-0.25, -0.2) is 14.4 Å². The molecular formula is C30H39F4N7O3. The largest absolute Gasteiger partial charge is 0.393 e. The summed E-state index contributed by atoms with van der Waals surface area (Å²) in [5, 5.41) is 5.04. The molecule has 14 heteroatoms. The van der Waals surface area contributed by atoms with Crippen molar-refractivity contribution >= 4 is 29.1 Å². The van der Waals surface area contributed by atoms with E-state index in [0.29, 0.717) is 43.4 Å². The molecule has 3 aliphatic heterocycles. The lowest BCUT2D eigenvalue weighted by molar-refractivity contribution is -0.197. The first-order chi connectivity index (χ1) is 20.8. The van der Waals surface area contributed by atoms with Crippen LogP contribution in [0.1, 0.15) is 33.6 Å². The summed E-state index contributed by atoms with van der Waals surface area (Å²) in [4.78, 5) is 40.2. The van der Waals surface area contributed by atoms with Crippen molar-refractivity contribution in [3.63, 3.8) is 0 Å². The Bertz CT molecular complexity index is 1350. The van der Waals surface area contributed by atoms with Crippen molar-refractivity contribution in [2.45, 2.75) is 58.0 Å². The Balaban J connectivity index is 1.46. The molecule has 3 aliphatic rings. The highest BCUT2D eigenvalue weighted by Gasteiger charge is 2.50. The highest BCUT2D eigenvalue weighted by Crippen LogP contribution is 2.40. The number of nitrogens with one attached hydrogen (secondary N) is 2. The lowest BCUT2D eigenvalue weighted by atomic mass is 9.84. The number of carbonyl (C=O) groups excluding carboxylic acids is 2. The Morgan fingerprint density at radius 3 is 2.45 bits per heavy atom. The van der Waals surface area contributed by atoms with E-state index in [4.69, 9.17) is 4.74 Å². The maximum Gasteiger partial charge on any atom is 0.393 e. The smallest absolute Gasteiger partial charge is 0.372 e. The third kappa shape index (κ3) is 6.90. The Labute approximate surface area is 254 Å². The van der Waals surface area contributed by atoms with Crippen LogP contribution in [-0.4, -0.2) is 97.4 Å². The minimum atomic E-state index is -4.74. The second-order valence-corrected chi connectivity index (χ2v) is 12.0. The van der Waals surface area contributed by atoms with E-state index in [-0.39, 0.29) is 29.5 Å².